The van der Waals surface area contributed by atoms with Gasteiger partial charge in [-0.25, -0.2) is 4.98 Å². The summed E-state index contributed by atoms with van der Waals surface area (Å²) in [6, 6.07) is 4.22. The average molecular weight is 297 g/mol. The Morgan fingerprint density at radius 2 is 1.82 bits per heavy atom. The van der Waals surface area contributed by atoms with Crippen molar-refractivity contribution >= 4 is 0 Å². The van der Waals surface area contributed by atoms with Crippen LogP contribution in [0, 0.1) is 0 Å². The van der Waals surface area contributed by atoms with Gasteiger partial charge in [-0.15, -0.1) is 0 Å². The van der Waals surface area contributed by atoms with Crippen molar-refractivity contribution < 1.29 is 0 Å². The smallest absolute Gasteiger partial charge is 0.153 e. The van der Waals surface area contributed by atoms with E-state index in [2.05, 4.69) is 32.2 Å². The summed E-state index contributed by atoms with van der Waals surface area (Å²) in [7, 11) is 0. The average Bonchev–Trinajstić information content (AvgIpc) is 3.32. The number of nitrogens with one attached hydrogen (secondary N) is 1. The highest BCUT2D eigenvalue weighted by atomic mass is 15.2. The van der Waals surface area contributed by atoms with Crippen LogP contribution in [0.5, 0.6) is 0 Å². The van der Waals surface area contributed by atoms with Gasteiger partial charge in [-0.05, 0) is 62.9 Å². The SMILES string of the molecule is c1cc(CCN2CCC(c3nc(C4CC4)n[nH]3)CC2)ccn1. The van der Waals surface area contributed by atoms with Crippen LogP contribution in [0.15, 0.2) is 24.5 Å². The van der Waals surface area contributed by atoms with E-state index in [0.717, 1.165) is 37.7 Å². The van der Waals surface area contributed by atoms with Gasteiger partial charge >= 0.3 is 0 Å². The van der Waals surface area contributed by atoms with E-state index in [9.17, 15) is 0 Å². The maximum Gasteiger partial charge on any atom is 0.153 e. The molecule has 0 bridgehead atoms. The number of nitrogens with zero attached hydrogens (tertiary/aromatic N) is 4. The van der Waals surface area contributed by atoms with Gasteiger partial charge in [0, 0.05) is 30.8 Å². The van der Waals surface area contributed by atoms with Gasteiger partial charge in [0.05, 0.1) is 0 Å². The Morgan fingerprint density at radius 3 is 2.55 bits per heavy atom. The first-order valence-corrected chi connectivity index (χ1v) is 8.42. The normalized spacial score (nSPS) is 20.4. The van der Waals surface area contributed by atoms with E-state index in [1.807, 2.05) is 12.4 Å². The third kappa shape index (κ3) is 3.19. The quantitative estimate of drug-likeness (QED) is 0.921. The Hall–Kier alpha value is -1.75. The van der Waals surface area contributed by atoms with E-state index in [0.29, 0.717) is 11.8 Å². The summed E-state index contributed by atoms with van der Waals surface area (Å²) in [5, 5.41) is 7.58. The Labute approximate surface area is 131 Å². The molecule has 1 N–H and O–H groups in total. The summed E-state index contributed by atoms with van der Waals surface area (Å²) in [6.07, 6.45) is 9.79. The van der Waals surface area contributed by atoms with Gasteiger partial charge < -0.3 is 4.90 Å². The Morgan fingerprint density at radius 1 is 1.05 bits per heavy atom. The molecule has 22 heavy (non-hydrogen) atoms. The van der Waals surface area contributed by atoms with Crippen LogP contribution in [0.25, 0.3) is 0 Å². The van der Waals surface area contributed by atoms with E-state index in [1.165, 1.54) is 31.2 Å². The van der Waals surface area contributed by atoms with Crippen LogP contribution < -0.4 is 0 Å². The topological polar surface area (TPSA) is 57.7 Å². The predicted molar refractivity (Wildman–Crippen MR) is 84.7 cm³/mol. The number of piperidine rings is 1. The number of H-pyrrole nitrogens is 1. The predicted octanol–water partition coefficient (Wildman–Crippen LogP) is 2.50. The number of rotatable bonds is 5. The standard InChI is InChI=1S/C17H23N5/c1-2-14(1)16-19-17(21-20-16)15-6-11-22(12-7-15)10-5-13-3-8-18-9-4-13/h3-4,8-9,14-15H,1-2,5-7,10-12H2,(H,19,20,21). The molecule has 0 aromatic carbocycles. The molecule has 5 heteroatoms. The Balaban J connectivity index is 1.26. The number of aromatic nitrogens is 4. The minimum atomic E-state index is 0.567. The number of hydrogen-bond donors (Lipinski definition) is 1. The lowest BCUT2D eigenvalue weighted by atomic mass is 9.96. The van der Waals surface area contributed by atoms with E-state index < -0.39 is 0 Å². The van der Waals surface area contributed by atoms with Crippen LogP contribution in [0.2, 0.25) is 0 Å². The molecule has 1 aliphatic carbocycles. The Bertz CT molecular complexity index is 597. The molecule has 3 heterocycles. The van der Waals surface area contributed by atoms with E-state index >= 15 is 0 Å². The van der Waals surface area contributed by atoms with Gasteiger partial charge in [-0.3, -0.25) is 10.1 Å². The van der Waals surface area contributed by atoms with Crippen molar-refractivity contribution in [1.82, 2.24) is 25.1 Å². The number of aromatic amines is 1. The van der Waals surface area contributed by atoms with E-state index in [4.69, 9.17) is 4.98 Å². The first-order chi connectivity index (χ1) is 10.9. The first-order valence-electron chi connectivity index (χ1n) is 8.42. The molecule has 2 fully saturated rings. The van der Waals surface area contributed by atoms with Gasteiger partial charge in [0.1, 0.15) is 5.82 Å². The van der Waals surface area contributed by atoms with Gasteiger partial charge in [0.25, 0.3) is 0 Å². The fourth-order valence-corrected chi connectivity index (χ4v) is 3.26. The lowest BCUT2D eigenvalue weighted by molar-refractivity contribution is 0.211. The minimum absolute atomic E-state index is 0.567. The number of pyridine rings is 1. The zero-order valence-electron chi connectivity index (χ0n) is 12.9. The molecule has 0 amide bonds. The lowest BCUT2D eigenvalue weighted by Crippen LogP contribution is -2.34. The summed E-state index contributed by atoms with van der Waals surface area (Å²) < 4.78 is 0. The zero-order valence-corrected chi connectivity index (χ0v) is 12.9. The van der Waals surface area contributed by atoms with Crippen LogP contribution in [0.4, 0.5) is 0 Å². The maximum atomic E-state index is 4.72. The van der Waals surface area contributed by atoms with Crippen LogP contribution in [-0.4, -0.2) is 44.7 Å². The van der Waals surface area contributed by atoms with Crippen LogP contribution in [-0.2, 0) is 6.42 Å². The molecule has 2 aromatic rings. The summed E-state index contributed by atoms with van der Waals surface area (Å²) in [5.41, 5.74) is 1.38. The lowest BCUT2D eigenvalue weighted by Gasteiger charge is -2.30. The van der Waals surface area contributed by atoms with Crippen molar-refractivity contribution in [3.8, 4) is 0 Å². The third-order valence-corrected chi connectivity index (χ3v) is 4.90. The number of hydrogen-bond acceptors (Lipinski definition) is 4. The second kappa shape index (κ2) is 6.16. The summed E-state index contributed by atoms with van der Waals surface area (Å²) in [6.45, 7) is 3.46. The number of likely N-dealkylation sites (tertiary alicyclic amines) is 1. The zero-order chi connectivity index (χ0) is 14.8. The van der Waals surface area contributed by atoms with Gasteiger partial charge in [-0.2, -0.15) is 5.10 Å². The molecule has 0 spiro atoms. The van der Waals surface area contributed by atoms with E-state index in [-0.39, 0.29) is 0 Å². The molecule has 0 atom stereocenters. The summed E-state index contributed by atoms with van der Waals surface area (Å²) in [5.74, 6) is 3.38. The highest BCUT2D eigenvalue weighted by Crippen LogP contribution is 2.38. The highest BCUT2D eigenvalue weighted by molar-refractivity contribution is 5.10. The highest BCUT2D eigenvalue weighted by Gasteiger charge is 2.29. The fourth-order valence-electron chi connectivity index (χ4n) is 3.26. The van der Waals surface area contributed by atoms with Crippen LogP contribution in [0.3, 0.4) is 0 Å². The molecule has 4 rings (SSSR count). The fraction of sp³-hybridized carbons (Fsp3) is 0.588. The van der Waals surface area contributed by atoms with Gasteiger partial charge in [-0.1, -0.05) is 0 Å². The van der Waals surface area contributed by atoms with Gasteiger partial charge in [0.15, 0.2) is 5.82 Å². The maximum absolute atomic E-state index is 4.72. The molecular weight excluding hydrogens is 274 g/mol. The summed E-state index contributed by atoms with van der Waals surface area (Å²) >= 11 is 0. The Kier molecular flexibility index (Phi) is 3.89. The second-order valence-electron chi connectivity index (χ2n) is 6.57. The van der Waals surface area contributed by atoms with Crippen LogP contribution in [0.1, 0.15) is 54.7 Å². The van der Waals surface area contributed by atoms with Crippen molar-refractivity contribution in [1.29, 1.82) is 0 Å². The van der Waals surface area contributed by atoms with E-state index in [1.54, 1.807) is 0 Å². The van der Waals surface area contributed by atoms with Crippen molar-refractivity contribution in [2.24, 2.45) is 0 Å². The molecule has 1 aliphatic heterocycles. The van der Waals surface area contributed by atoms with Crippen molar-refractivity contribution in [2.45, 2.75) is 43.9 Å². The van der Waals surface area contributed by atoms with Crippen molar-refractivity contribution in [2.75, 3.05) is 19.6 Å². The third-order valence-electron chi connectivity index (χ3n) is 4.90. The first kappa shape index (κ1) is 13.9. The molecule has 1 saturated heterocycles. The molecule has 1 saturated carbocycles. The molecule has 5 nitrogen and oxygen atoms in total. The van der Waals surface area contributed by atoms with Gasteiger partial charge in [0.2, 0.25) is 0 Å². The monoisotopic (exact) mass is 297 g/mol. The molecule has 2 aliphatic rings. The molecule has 0 radical (unpaired) electrons. The minimum Gasteiger partial charge on any atom is -0.303 e. The van der Waals surface area contributed by atoms with Crippen molar-refractivity contribution in [3.63, 3.8) is 0 Å². The molecular formula is C17H23N5. The summed E-state index contributed by atoms with van der Waals surface area (Å²) in [4.78, 5) is 11.4. The largest absolute Gasteiger partial charge is 0.303 e. The van der Waals surface area contributed by atoms with Crippen LogP contribution >= 0.6 is 0 Å². The molecule has 2 aromatic heterocycles. The molecule has 0 unspecified atom stereocenters. The molecule has 116 valence electrons. The van der Waals surface area contributed by atoms with Crippen molar-refractivity contribution in [3.05, 3.63) is 41.7 Å². The second-order valence-corrected chi connectivity index (χ2v) is 6.57.